The van der Waals surface area contributed by atoms with E-state index in [4.69, 9.17) is 9.47 Å². The van der Waals surface area contributed by atoms with Crippen molar-refractivity contribution in [2.24, 2.45) is 0 Å². The molecule has 11 nitrogen and oxygen atoms in total. The highest BCUT2D eigenvalue weighted by Gasteiger charge is 2.51. The number of aryl methyl sites for hydroxylation is 1. The van der Waals surface area contributed by atoms with Gasteiger partial charge < -0.3 is 24.3 Å². The molecule has 1 atom stereocenters. The van der Waals surface area contributed by atoms with Gasteiger partial charge in [0.15, 0.2) is 5.82 Å². The van der Waals surface area contributed by atoms with E-state index in [2.05, 4.69) is 15.4 Å². The summed E-state index contributed by atoms with van der Waals surface area (Å²) >= 11 is 0. The molecule has 1 spiro atoms. The van der Waals surface area contributed by atoms with Crippen molar-refractivity contribution in [1.29, 1.82) is 0 Å². The second-order valence-corrected chi connectivity index (χ2v) is 13.3. The van der Waals surface area contributed by atoms with Gasteiger partial charge in [-0.05, 0) is 82.7 Å². The van der Waals surface area contributed by atoms with Crippen LogP contribution in [0.3, 0.4) is 0 Å². The molecule has 1 aromatic carbocycles. The fourth-order valence-corrected chi connectivity index (χ4v) is 6.67. The first-order valence-electron chi connectivity index (χ1n) is 15.5. The average molecular weight is 661 g/mol. The smallest absolute Gasteiger partial charge is 0.416 e. The molecule has 1 N–H and O–H groups in total. The summed E-state index contributed by atoms with van der Waals surface area (Å²) in [6.45, 7) is 7.51. The Balaban J connectivity index is 1.39. The molecule has 1 saturated heterocycles. The molecule has 252 valence electrons. The summed E-state index contributed by atoms with van der Waals surface area (Å²) in [5.74, 6) is -0.421. The monoisotopic (exact) mass is 660 g/mol. The Hall–Kier alpha value is -4.27. The number of fused-ring (bicyclic) bond motifs is 3. The lowest BCUT2D eigenvalue weighted by molar-refractivity contribution is -0.137. The first-order valence-corrected chi connectivity index (χ1v) is 15.5. The first-order chi connectivity index (χ1) is 22.1. The normalized spacial score (nSPS) is 19.5. The zero-order chi connectivity index (χ0) is 33.9. The molecular weight excluding hydrogens is 624 g/mol. The molecule has 2 aliphatic heterocycles. The topological polar surface area (TPSA) is 120 Å². The molecule has 2 aromatic heterocycles. The molecule has 3 aliphatic rings. The van der Waals surface area contributed by atoms with Gasteiger partial charge in [0.2, 0.25) is 11.7 Å². The molecule has 0 saturated carbocycles. The number of aromatic nitrogens is 4. The van der Waals surface area contributed by atoms with Crippen molar-refractivity contribution in [3.8, 4) is 0 Å². The number of carbonyl (C=O) groups excluding carboxylic acids is 2. The van der Waals surface area contributed by atoms with Crippen molar-refractivity contribution in [3.05, 3.63) is 62.8 Å². The van der Waals surface area contributed by atoms with Gasteiger partial charge in [0, 0.05) is 29.8 Å². The lowest BCUT2D eigenvalue weighted by Crippen LogP contribution is -2.48. The Morgan fingerprint density at radius 3 is 2.51 bits per heavy atom. The van der Waals surface area contributed by atoms with E-state index in [0.717, 1.165) is 22.2 Å². The maximum Gasteiger partial charge on any atom is 0.416 e. The third kappa shape index (κ3) is 6.24. The number of carbonyl (C=O) groups is 2. The molecule has 47 heavy (non-hydrogen) atoms. The number of amides is 2. The quantitative estimate of drug-likeness (QED) is 0.375. The van der Waals surface area contributed by atoms with E-state index in [9.17, 15) is 27.6 Å². The predicted octanol–water partition coefficient (Wildman–Crippen LogP) is 5.34. The number of rotatable bonds is 4. The number of benzene rings is 1. The van der Waals surface area contributed by atoms with E-state index in [1.54, 1.807) is 31.7 Å². The number of nitrogens with zero attached hydrogens (tertiary/aromatic N) is 5. The van der Waals surface area contributed by atoms with Gasteiger partial charge in [-0.3, -0.25) is 9.59 Å². The van der Waals surface area contributed by atoms with Crippen molar-refractivity contribution in [1.82, 2.24) is 24.1 Å². The maximum atomic E-state index is 16.3. The third-order valence-electron chi connectivity index (χ3n) is 8.93. The Labute approximate surface area is 267 Å². The van der Waals surface area contributed by atoms with Gasteiger partial charge in [-0.1, -0.05) is 6.08 Å². The molecule has 4 heterocycles. The van der Waals surface area contributed by atoms with E-state index in [0.29, 0.717) is 32.5 Å². The number of hydrogen-bond donors (Lipinski definition) is 1. The Kier molecular flexibility index (Phi) is 8.17. The Bertz CT molecular complexity index is 1830. The van der Waals surface area contributed by atoms with E-state index < -0.39 is 53.0 Å². The van der Waals surface area contributed by atoms with Crippen LogP contribution in [0.25, 0.3) is 11.4 Å². The van der Waals surface area contributed by atoms with Crippen LogP contribution in [0.1, 0.15) is 80.8 Å². The van der Waals surface area contributed by atoms with Crippen LogP contribution in [0.15, 0.2) is 29.1 Å². The van der Waals surface area contributed by atoms with Crippen LogP contribution in [-0.4, -0.2) is 68.0 Å². The Morgan fingerprint density at radius 1 is 1.17 bits per heavy atom. The average Bonchev–Trinajstić information content (AvgIpc) is 3.56. The summed E-state index contributed by atoms with van der Waals surface area (Å²) in [5.41, 5.74) is -1.70. The highest BCUT2D eigenvalue weighted by molar-refractivity contribution is 5.91. The predicted molar refractivity (Wildman–Crippen MR) is 163 cm³/mol. The first kappa shape index (κ1) is 32.7. The summed E-state index contributed by atoms with van der Waals surface area (Å²) in [4.78, 5) is 46.5. The van der Waals surface area contributed by atoms with Crippen LogP contribution in [0, 0.1) is 6.92 Å². The standard InChI is InChI=1S/C32H36F4N6O5/c1-18-15-20(32(34,35)36)5-6-22(18)37-23(43)17-41-25-21(33)16-31(9-11-40(12-10-31)29(45)47-30(2,3)4)24(25)27(44)42-28(41)38-26(39-42)19-7-13-46-14-8-19/h5-7,15,21H,8-14,16-17H2,1-4H3,(H,37,43). The van der Waals surface area contributed by atoms with Crippen molar-refractivity contribution in [2.75, 3.05) is 31.6 Å². The molecule has 15 heteroatoms. The van der Waals surface area contributed by atoms with Gasteiger partial charge in [-0.2, -0.15) is 22.7 Å². The van der Waals surface area contributed by atoms with Crippen LogP contribution >= 0.6 is 0 Å². The number of likely N-dealkylation sites (tertiary alicyclic amines) is 1. The minimum Gasteiger partial charge on any atom is -0.444 e. The summed E-state index contributed by atoms with van der Waals surface area (Å²) in [5, 5.41) is 7.13. The van der Waals surface area contributed by atoms with Gasteiger partial charge in [-0.25, -0.2) is 9.18 Å². The van der Waals surface area contributed by atoms with Crippen molar-refractivity contribution < 1.29 is 36.6 Å². The largest absolute Gasteiger partial charge is 0.444 e. The van der Waals surface area contributed by atoms with Gasteiger partial charge in [-0.15, -0.1) is 5.10 Å². The number of piperidine rings is 1. The number of hydrogen-bond acceptors (Lipinski definition) is 7. The molecule has 3 aromatic rings. The molecule has 6 rings (SSSR count). The summed E-state index contributed by atoms with van der Waals surface area (Å²) < 4.78 is 69.2. The van der Waals surface area contributed by atoms with E-state index in [1.165, 1.54) is 17.6 Å². The molecule has 0 radical (unpaired) electrons. The SMILES string of the molecule is Cc1cc(C(F)(F)F)ccc1NC(=O)Cn1c2c(c(=O)n3nc(C4=CCOCC4)nc13)C1(CCN(C(=O)OC(C)(C)C)CC1)CC2F. The second-order valence-electron chi connectivity index (χ2n) is 13.3. The maximum absolute atomic E-state index is 16.3. The van der Waals surface area contributed by atoms with Crippen molar-refractivity contribution in [2.45, 2.75) is 83.3 Å². The highest BCUT2D eigenvalue weighted by Crippen LogP contribution is 2.51. The lowest BCUT2D eigenvalue weighted by Gasteiger charge is -2.39. The van der Waals surface area contributed by atoms with Crippen LogP contribution in [0.4, 0.5) is 28.0 Å². The van der Waals surface area contributed by atoms with Crippen LogP contribution < -0.4 is 10.9 Å². The fraction of sp³-hybridized carbons (Fsp3) is 0.531. The molecular formula is C32H36F4N6O5. The number of ether oxygens (including phenoxy) is 2. The van der Waals surface area contributed by atoms with Crippen molar-refractivity contribution >= 4 is 29.0 Å². The number of anilines is 1. The third-order valence-corrected chi connectivity index (χ3v) is 8.93. The van der Waals surface area contributed by atoms with E-state index >= 15 is 4.39 Å². The Morgan fingerprint density at radius 2 is 1.89 bits per heavy atom. The van der Waals surface area contributed by atoms with Crippen LogP contribution in [0.5, 0.6) is 0 Å². The van der Waals surface area contributed by atoms with Gasteiger partial charge in [0.25, 0.3) is 5.56 Å². The van der Waals surface area contributed by atoms with Gasteiger partial charge in [0.1, 0.15) is 18.3 Å². The lowest BCUT2D eigenvalue weighted by atomic mass is 9.74. The number of halogens is 4. The van der Waals surface area contributed by atoms with E-state index in [-0.39, 0.29) is 53.6 Å². The van der Waals surface area contributed by atoms with Crippen LogP contribution in [-0.2, 0) is 32.4 Å². The summed E-state index contributed by atoms with van der Waals surface area (Å²) in [6, 6.07) is 2.97. The molecule has 1 aliphatic carbocycles. The minimum absolute atomic E-state index is 0.0208. The number of alkyl halides is 4. The van der Waals surface area contributed by atoms with E-state index in [1.807, 2.05) is 0 Å². The zero-order valence-corrected chi connectivity index (χ0v) is 26.5. The van der Waals surface area contributed by atoms with Gasteiger partial charge >= 0.3 is 12.3 Å². The fourth-order valence-electron chi connectivity index (χ4n) is 6.67. The second kappa shape index (κ2) is 11.8. The van der Waals surface area contributed by atoms with Crippen molar-refractivity contribution in [3.63, 3.8) is 0 Å². The summed E-state index contributed by atoms with van der Waals surface area (Å²) in [6.07, 6.45) is -3.81. The molecule has 1 unspecified atom stereocenters. The zero-order valence-electron chi connectivity index (χ0n) is 26.5. The van der Waals surface area contributed by atoms with Gasteiger partial charge in [0.05, 0.1) is 24.5 Å². The minimum atomic E-state index is -4.55. The highest BCUT2D eigenvalue weighted by atomic mass is 19.4. The summed E-state index contributed by atoms with van der Waals surface area (Å²) in [7, 11) is 0. The number of nitrogens with one attached hydrogen (secondary N) is 1. The molecule has 1 fully saturated rings. The van der Waals surface area contributed by atoms with Crippen LogP contribution in [0.2, 0.25) is 0 Å². The molecule has 0 bridgehead atoms. The molecule has 2 amide bonds.